The molecule has 378 valence electrons. The fourth-order valence-electron chi connectivity index (χ4n) is 19.5. The first-order valence-electron chi connectivity index (χ1n) is 26.4. The molecule has 0 unspecified atom stereocenters. The number of aliphatic hydroxyl groups excluding tert-OH is 4. The van der Waals surface area contributed by atoms with Gasteiger partial charge in [-0.3, -0.25) is 15.6 Å². The molecule has 0 aromatic heterocycles. The van der Waals surface area contributed by atoms with Crippen molar-refractivity contribution < 1.29 is 64.3 Å². The van der Waals surface area contributed by atoms with Gasteiger partial charge in [0, 0.05) is 47.1 Å². The number of allylic oxidation sites excluding steroid dienone is 1. The van der Waals surface area contributed by atoms with Crippen molar-refractivity contribution in [2.24, 2.45) is 44.8 Å². The SMILES string of the molecule is CC(=O)c1c(C)c(O)c2cc(C(=O)O)cc(O[C@@H]3O[C@H](CO)[C@]4(C[C@@H]5C6=C(CC=C6[C@]6(CCO)COC[C@@H]7C[C@@]89C[C@]5(NN[C@H]8C[C@@]5(CCC[C@@]58CCC5(CCCC5)C8)C9)[C@@H]76)CO4)[C@H](O)[C@H]3O)c2c1O. The topological polar surface area (TPSA) is 237 Å². The second kappa shape index (κ2) is 15.5. The number of carboxylic acids is 1. The van der Waals surface area contributed by atoms with E-state index in [2.05, 4.69) is 16.9 Å². The highest BCUT2D eigenvalue weighted by Crippen LogP contribution is 2.79. The van der Waals surface area contributed by atoms with Crippen LogP contribution in [0.1, 0.15) is 142 Å². The molecule has 0 amide bonds. The number of hydrogen-bond acceptors (Lipinski definition) is 14. The Morgan fingerprint density at radius 2 is 1.73 bits per heavy atom. The molecule has 9 N–H and O–H groups in total. The number of rotatable bonds is 7. The number of aromatic hydroxyl groups is 2. The van der Waals surface area contributed by atoms with Gasteiger partial charge in [0.15, 0.2) is 5.78 Å². The van der Waals surface area contributed by atoms with Crippen molar-refractivity contribution in [2.45, 2.75) is 165 Å². The van der Waals surface area contributed by atoms with Crippen molar-refractivity contribution in [1.29, 1.82) is 0 Å². The normalized spacial score (nSPS) is 44.0. The van der Waals surface area contributed by atoms with Crippen LogP contribution in [-0.4, -0.2) is 122 Å². The number of ketones is 1. The highest BCUT2D eigenvalue weighted by Gasteiger charge is 2.77. The number of benzene rings is 2. The molecule has 6 spiro atoms. The van der Waals surface area contributed by atoms with E-state index in [0.29, 0.717) is 36.9 Å². The van der Waals surface area contributed by atoms with Crippen molar-refractivity contribution in [3.63, 3.8) is 0 Å². The lowest BCUT2D eigenvalue weighted by atomic mass is 9.39. The number of phenols is 2. The number of phenolic OH excluding ortho intramolecular Hbond substituents is 2. The molecule has 13 rings (SSSR count). The average molecular weight is 967 g/mol. The molecule has 15 heteroatoms. The lowest BCUT2D eigenvalue weighted by Crippen LogP contribution is -2.81. The van der Waals surface area contributed by atoms with Crippen LogP contribution in [0.5, 0.6) is 17.2 Å². The van der Waals surface area contributed by atoms with Crippen LogP contribution in [0.3, 0.4) is 0 Å². The molecular formula is C55H70N2O13. The zero-order chi connectivity index (χ0) is 48.5. The zero-order valence-electron chi connectivity index (χ0n) is 40.5. The van der Waals surface area contributed by atoms with Gasteiger partial charge in [-0.15, -0.1) is 0 Å². The van der Waals surface area contributed by atoms with E-state index in [9.17, 15) is 45.3 Å². The molecule has 2 bridgehead atoms. The number of hydrazine groups is 1. The summed E-state index contributed by atoms with van der Waals surface area (Å²) in [4.78, 5) is 25.2. The van der Waals surface area contributed by atoms with Gasteiger partial charge in [-0.25, -0.2) is 4.79 Å². The first-order valence-corrected chi connectivity index (χ1v) is 26.4. The van der Waals surface area contributed by atoms with Crippen molar-refractivity contribution in [1.82, 2.24) is 10.9 Å². The van der Waals surface area contributed by atoms with Gasteiger partial charge >= 0.3 is 5.97 Å². The lowest BCUT2D eigenvalue weighted by Gasteiger charge is -2.71. The van der Waals surface area contributed by atoms with Gasteiger partial charge in [0.05, 0.1) is 36.3 Å². The van der Waals surface area contributed by atoms with Gasteiger partial charge in [0.25, 0.3) is 0 Å². The second-order valence-corrected chi connectivity index (χ2v) is 24.7. The summed E-state index contributed by atoms with van der Waals surface area (Å²) in [5, 5.41) is 80.2. The van der Waals surface area contributed by atoms with Gasteiger partial charge in [0.1, 0.15) is 41.2 Å². The third kappa shape index (κ3) is 5.84. The van der Waals surface area contributed by atoms with Gasteiger partial charge in [-0.05, 0) is 166 Å². The summed E-state index contributed by atoms with van der Waals surface area (Å²) in [6.07, 6.45) is 14.9. The Bertz CT molecular complexity index is 2650. The molecule has 11 aliphatic rings. The molecule has 7 aliphatic carbocycles. The number of carbonyl (C=O) groups excluding carboxylic acids is 1. The predicted molar refractivity (Wildman–Crippen MR) is 253 cm³/mol. The maximum Gasteiger partial charge on any atom is 0.335 e. The Balaban J connectivity index is 0.892. The average Bonchev–Trinajstić information content (AvgIpc) is 4.16. The Morgan fingerprint density at radius 1 is 0.929 bits per heavy atom. The van der Waals surface area contributed by atoms with Crippen LogP contribution in [0.15, 0.2) is 34.9 Å². The van der Waals surface area contributed by atoms with Crippen LogP contribution in [0.25, 0.3) is 10.8 Å². The number of carbonyl (C=O) groups is 2. The third-order valence-corrected chi connectivity index (χ3v) is 21.9. The Labute approximate surface area is 407 Å². The van der Waals surface area contributed by atoms with Gasteiger partial charge in [-0.2, -0.15) is 0 Å². The Morgan fingerprint density at radius 3 is 2.49 bits per heavy atom. The molecular weight excluding hydrogens is 897 g/mol. The molecule has 70 heavy (non-hydrogen) atoms. The minimum atomic E-state index is -1.82. The third-order valence-electron chi connectivity index (χ3n) is 21.9. The van der Waals surface area contributed by atoms with Crippen LogP contribution < -0.4 is 15.6 Å². The molecule has 2 aromatic rings. The standard InChI is InChI=1S/C55H70N2O13/c1-28-39(29(2)60)43(62)41-33(42(28)61)16-31(47(65)66)17-36(41)69-48-44(63)46(64)55(38(21-59)70-48)19-35-40-30(23-68-55)6-7-34(40)53(14-15-58)27-67-22-32-18-50-25-52(20-37(50)56-57-54(35,26-50)45(32)53)11-5-10-51(52)13-12-49(24-51)8-3-4-9-49/h7,16-17,32,35,37-38,44-46,48,56-59,61-64H,3-6,8-15,18-27H2,1-2H3,(H,65,66)/t32-,35+,37-,38+,44+,45-,46+,48+,50+,51-,52-,53-,54+,55+/m0/s1. The van der Waals surface area contributed by atoms with Gasteiger partial charge in [0.2, 0.25) is 6.29 Å². The quantitative estimate of drug-likeness (QED) is 0.114. The Kier molecular flexibility index (Phi) is 10.2. The van der Waals surface area contributed by atoms with E-state index < -0.39 is 71.0 Å². The largest absolute Gasteiger partial charge is 0.507 e. The minimum Gasteiger partial charge on any atom is -0.507 e. The van der Waals surface area contributed by atoms with Crippen LogP contribution >= 0.6 is 0 Å². The summed E-state index contributed by atoms with van der Waals surface area (Å²) < 4.78 is 26.6. The smallest absolute Gasteiger partial charge is 0.335 e. The monoisotopic (exact) mass is 966 g/mol. The second-order valence-electron chi connectivity index (χ2n) is 24.7. The number of carboxylic acid groups (broad SMARTS) is 1. The number of ether oxygens (including phenoxy) is 4. The maximum absolute atomic E-state index is 12.8. The van der Waals surface area contributed by atoms with Crippen molar-refractivity contribution in [3.8, 4) is 17.2 Å². The number of nitrogens with one attached hydrogen (secondary N) is 2. The summed E-state index contributed by atoms with van der Waals surface area (Å²) in [5.74, 6) is -3.26. The van der Waals surface area contributed by atoms with Crippen LogP contribution in [0, 0.1) is 51.8 Å². The number of aliphatic hydroxyl groups is 4. The van der Waals surface area contributed by atoms with E-state index in [-0.39, 0.29) is 87.5 Å². The minimum absolute atomic E-state index is 0.00668. The molecule has 6 saturated carbocycles. The van der Waals surface area contributed by atoms with E-state index in [1.165, 1.54) is 95.6 Å². The van der Waals surface area contributed by atoms with E-state index in [1.54, 1.807) is 0 Å². The zero-order valence-corrected chi connectivity index (χ0v) is 40.5. The molecule has 0 radical (unpaired) electrons. The first kappa shape index (κ1) is 46.2. The number of hydrogen-bond donors (Lipinski definition) is 9. The van der Waals surface area contributed by atoms with Gasteiger partial charge in [-0.1, -0.05) is 25.3 Å². The summed E-state index contributed by atoms with van der Waals surface area (Å²) in [5.41, 5.74) is 9.60. The summed E-state index contributed by atoms with van der Waals surface area (Å²) in [6.45, 7) is 3.26. The number of aromatic carboxylic acids is 1. The van der Waals surface area contributed by atoms with Gasteiger partial charge < -0.3 is 54.7 Å². The molecule has 4 aliphatic heterocycles. The fraction of sp³-hybridized carbons (Fsp3) is 0.709. The van der Waals surface area contributed by atoms with Crippen LogP contribution in [-0.2, 0) is 14.2 Å². The van der Waals surface area contributed by atoms with E-state index in [4.69, 9.17) is 18.9 Å². The van der Waals surface area contributed by atoms with Crippen molar-refractivity contribution in [3.05, 3.63) is 51.6 Å². The van der Waals surface area contributed by atoms with Crippen molar-refractivity contribution >= 4 is 22.5 Å². The number of fused-ring (bicyclic) bond motifs is 3. The van der Waals surface area contributed by atoms with E-state index >= 15 is 0 Å². The molecule has 2 aromatic carbocycles. The predicted octanol–water partition coefficient (Wildman–Crippen LogP) is 6.02. The van der Waals surface area contributed by atoms with Crippen molar-refractivity contribution in [2.75, 3.05) is 33.0 Å². The van der Waals surface area contributed by atoms with Crippen LogP contribution in [0.2, 0.25) is 0 Å². The first-order chi connectivity index (χ1) is 33.5. The van der Waals surface area contributed by atoms with E-state index in [0.717, 1.165) is 37.0 Å². The highest BCUT2D eigenvalue weighted by molar-refractivity contribution is 6.11. The maximum atomic E-state index is 12.8. The highest BCUT2D eigenvalue weighted by atomic mass is 16.7. The molecule has 9 fully saturated rings. The number of Topliss-reactive ketones (excluding diaryl/α,β-unsaturated/α-hetero) is 1. The molecule has 4 heterocycles. The van der Waals surface area contributed by atoms with E-state index in [1.807, 2.05) is 0 Å². The lowest BCUT2D eigenvalue weighted by molar-refractivity contribution is -0.327. The summed E-state index contributed by atoms with van der Waals surface area (Å²) in [7, 11) is 0. The fourth-order valence-corrected chi connectivity index (χ4v) is 19.5. The molecule has 15 nitrogen and oxygen atoms in total. The Hall–Kier alpha value is -3.64. The summed E-state index contributed by atoms with van der Waals surface area (Å²) >= 11 is 0. The molecule has 3 saturated heterocycles. The van der Waals surface area contributed by atoms with Crippen LogP contribution in [0.4, 0.5) is 0 Å². The molecule has 14 atom stereocenters. The summed E-state index contributed by atoms with van der Waals surface area (Å²) in [6, 6.07) is 2.54.